The number of carbonyl (C=O) groups excluding carboxylic acids is 2. The summed E-state index contributed by atoms with van der Waals surface area (Å²) < 4.78 is 0. The second kappa shape index (κ2) is 5.52. The van der Waals surface area contributed by atoms with E-state index in [9.17, 15) is 9.59 Å². The molecule has 2 amide bonds. The molecule has 2 aromatic rings. The summed E-state index contributed by atoms with van der Waals surface area (Å²) in [6, 6.07) is 9.40. The largest absolute Gasteiger partial charge is 0.343 e. The third-order valence-electron chi connectivity index (χ3n) is 3.73. The number of nitrogens with zero attached hydrogens (tertiary/aromatic N) is 2. The lowest BCUT2D eigenvalue weighted by Crippen LogP contribution is -2.57. The maximum atomic E-state index is 12.3. The van der Waals surface area contributed by atoms with Gasteiger partial charge < -0.3 is 10.2 Å². The molecule has 0 aliphatic carbocycles. The topological polar surface area (TPSA) is 62.3 Å². The monoisotopic (exact) mass is 283 g/mol. The maximum Gasteiger partial charge on any atom is 0.245 e. The van der Waals surface area contributed by atoms with Gasteiger partial charge in [0.2, 0.25) is 11.8 Å². The molecule has 108 valence electrons. The quantitative estimate of drug-likeness (QED) is 0.928. The smallest absolute Gasteiger partial charge is 0.245 e. The van der Waals surface area contributed by atoms with Crippen LogP contribution in [0.25, 0.3) is 10.9 Å². The molecule has 1 atom stereocenters. The Morgan fingerprint density at radius 1 is 1.33 bits per heavy atom. The van der Waals surface area contributed by atoms with E-state index in [0.717, 1.165) is 16.5 Å². The van der Waals surface area contributed by atoms with Crippen molar-refractivity contribution >= 4 is 22.7 Å². The molecule has 21 heavy (non-hydrogen) atoms. The van der Waals surface area contributed by atoms with Crippen LogP contribution in [0.4, 0.5) is 0 Å². The van der Waals surface area contributed by atoms with E-state index in [4.69, 9.17) is 0 Å². The Bertz CT molecular complexity index is 699. The van der Waals surface area contributed by atoms with E-state index in [1.54, 1.807) is 11.1 Å². The predicted octanol–water partition coefficient (Wildman–Crippen LogP) is 1.47. The van der Waals surface area contributed by atoms with Crippen LogP contribution in [0.1, 0.15) is 18.9 Å². The summed E-state index contributed by atoms with van der Waals surface area (Å²) in [7, 11) is 0. The summed E-state index contributed by atoms with van der Waals surface area (Å²) in [6.07, 6.45) is 2.37. The normalized spacial score (nSPS) is 18.9. The zero-order valence-electron chi connectivity index (χ0n) is 11.9. The summed E-state index contributed by atoms with van der Waals surface area (Å²) in [4.78, 5) is 29.8. The highest BCUT2D eigenvalue weighted by Crippen LogP contribution is 2.16. The van der Waals surface area contributed by atoms with Gasteiger partial charge in [-0.1, -0.05) is 19.1 Å². The minimum atomic E-state index is -0.395. The predicted molar refractivity (Wildman–Crippen MR) is 79.4 cm³/mol. The highest BCUT2D eigenvalue weighted by atomic mass is 16.2. The molecule has 1 aliphatic rings. The van der Waals surface area contributed by atoms with Crippen LogP contribution in [0.5, 0.6) is 0 Å². The van der Waals surface area contributed by atoms with E-state index in [2.05, 4.69) is 10.3 Å². The third-order valence-corrected chi connectivity index (χ3v) is 3.73. The number of carbonyl (C=O) groups is 2. The molecule has 1 unspecified atom stereocenters. The summed E-state index contributed by atoms with van der Waals surface area (Å²) in [5, 5.41) is 3.76. The van der Waals surface area contributed by atoms with E-state index in [0.29, 0.717) is 13.0 Å². The van der Waals surface area contributed by atoms with E-state index < -0.39 is 6.04 Å². The van der Waals surface area contributed by atoms with Gasteiger partial charge in [-0.2, -0.15) is 0 Å². The molecule has 1 N–H and O–H groups in total. The molecular weight excluding hydrogens is 266 g/mol. The second-order valence-corrected chi connectivity index (χ2v) is 5.25. The van der Waals surface area contributed by atoms with Crippen LogP contribution in [0.2, 0.25) is 0 Å². The van der Waals surface area contributed by atoms with Crippen LogP contribution < -0.4 is 5.32 Å². The van der Waals surface area contributed by atoms with Gasteiger partial charge in [0.1, 0.15) is 6.04 Å². The average Bonchev–Trinajstić information content (AvgIpc) is 2.50. The Morgan fingerprint density at radius 3 is 3.00 bits per heavy atom. The number of nitrogens with one attached hydrogen (secondary N) is 1. The lowest BCUT2D eigenvalue weighted by atomic mass is 10.1. The molecule has 2 heterocycles. The van der Waals surface area contributed by atoms with Crippen molar-refractivity contribution in [3.63, 3.8) is 0 Å². The summed E-state index contributed by atoms with van der Waals surface area (Å²) in [6.45, 7) is 2.47. The number of benzene rings is 1. The fourth-order valence-electron chi connectivity index (χ4n) is 2.63. The minimum absolute atomic E-state index is 0.0108. The molecule has 1 aliphatic heterocycles. The average molecular weight is 283 g/mol. The molecule has 5 nitrogen and oxygen atoms in total. The Morgan fingerprint density at radius 2 is 2.19 bits per heavy atom. The first-order valence-corrected chi connectivity index (χ1v) is 7.09. The first-order valence-electron chi connectivity index (χ1n) is 7.09. The van der Waals surface area contributed by atoms with E-state index in [-0.39, 0.29) is 18.4 Å². The van der Waals surface area contributed by atoms with Gasteiger partial charge in [-0.25, -0.2) is 0 Å². The molecule has 0 saturated carbocycles. The van der Waals surface area contributed by atoms with Crippen molar-refractivity contribution in [2.45, 2.75) is 25.9 Å². The van der Waals surface area contributed by atoms with Gasteiger partial charge in [0.25, 0.3) is 0 Å². The Kier molecular flexibility index (Phi) is 3.56. The van der Waals surface area contributed by atoms with Crippen molar-refractivity contribution in [3.8, 4) is 0 Å². The Hall–Kier alpha value is -2.43. The third kappa shape index (κ3) is 2.72. The fraction of sp³-hybridized carbons (Fsp3) is 0.312. The van der Waals surface area contributed by atoms with Crippen LogP contribution in [0.15, 0.2) is 36.5 Å². The van der Waals surface area contributed by atoms with Crippen LogP contribution in [-0.4, -0.2) is 34.3 Å². The van der Waals surface area contributed by atoms with Crippen LogP contribution in [0, 0.1) is 0 Å². The molecule has 1 saturated heterocycles. The molecule has 1 aromatic heterocycles. The van der Waals surface area contributed by atoms with Gasteiger partial charge in [-0.3, -0.25) is 14.6 Å². The first kappa shape index (κ1) is 13.5. The number of rotatable bonds is 3. The van der Waals surface area contributed by atoms with Gasteiger partial charge in [0.05, 0.1) is 12.1 Å². The molecule has 0 bridgehead atoms. The number of fused-ring (bicyclic) bond motifs is 1. The number of hydrogen-bond acceptors (Lipinski definition) is 3. The lowest BCUT2D eigenvalue weighted by molar-refractivity contribution is -0.144. The molecule has 1 fully saturated rings. The molecule has 5 heteroatoms. The lowest BCUT2D eigenvalue weighted by Gasteiger charge is -2.32. The summed E-state index contributed by atoms with van der Waals surface area (Å²) in [5.74, 6) is -0.104. The van der Waals surface area contributed by atoms with Crippen molar-refractivity contribution in [1.82, 2.24) is 15.2 Å². The number of hydrogen-bond donors (Lipinski definition) is 1. The van der Waals surface area contributed by atoms with E-state index >= 15 is 0 Å². The molecule has 0 radical (unpaired) electrons. The SMILES string of the molecule is CCC1NC(=O)CN(Cc2ccc3ncccc3c2)C1=O. The van der Waals surface area contributed by atoms with Crippen LogP contribution in [0.3, 0.4) is 0 Å². The first-order chi connectivity index (χ1) is 10.2. The zero-order chi connectivity index (χ0) is 14.8. The highest BCUT2D eigenvalue weighted by molar-refractivity contribution is 5.94. The van der Waals surface area contributed by atoms with Crippen molar-refractivity contribution in [2.75, 3.05) is 6.54 Å². The minimum Gasteiger partial charge on any atom is -0.343 e. The summed E-state index contributed by atoms with van der Waals surface area (Å²) >= 11 is 0. The fourth-order valence-corrected chi connectivity index (χ4v) is 2.63. The number of piperazine rings is 1. The van der Waals surface area contributed by atoms with E-state index in [1.165, 1.54) is 0 Å². The Balaban J connectivity index is 1.83. The number of aromatic nitrogens is 1. The van der Waals surface area contributed by atoms with Crippen molar-refractivity contribution < 1.29 is 9.59 Å². The van der Waals surface area contributed by atoms with Gasteiger partial charge >= 0.3 is 0 Å². The van der Waals surface area contributed by atoms with Crippen LogP contribution >= 0.6 is 0 Å². The Labute approximate surface area is 123 Å². The number of amides is 2. The standard InChI is InChI=1S/C16H17N3O2/c1-2-13-16(21)19(10-15(20)18-13)9-11-5-6-14-12(8-11)4-3-7-17-14/h3-8,13H,2,9-10H2,1H3,(H,18,20). The van der Waals surface area contributed by atoms with Crippen LogP contribution in [-0.2, 0) is 16.1 Å². The molecule has 1 aromatic carbocycles. The van der Waals surface area contributed by atoms with E-state index in [1.807, 2.05) is 37.3 Å². The maximum absolute atomic E-state index is 12.3. The van der Waals surface area contributed by atoms with Crippen molar-refractivity contribution in [1.29, 1.82) is 0 Å². The molecule has 3 rings (SSSR count). The molecular formula is C16H17N3O2. The van der Waals surface area contributed by atoms with Crippen molar-refractivity contribution in [2.24, 2.45) is 0 Å². The molecule has 0 spiro atoms. The van der Waals surface area contributed by atoms with Gasteiger partial charge in [-0.15, -0.1) is 0 Å². The van der Waals surface area contributed by atoms with Gasteiger partial charge in [0, 0.05) is 18.1 Å². The van der Waals surface area contributed by atoms with Gasteiger partial charge in [-0.05, 0) is 30.2 Å². The zero-order valence-corrected chi connectivity index (χ0v) is 11.9. The second-order valence-electron chi connectivity index (χ2n) is 5.25. The van der Waals surface area contributed by atoms with Gasteiger partial charge in [0.15, 0.2) is 0 Å². The van der Waals surface area contributed by atoms with Crippen molar-refractivity contribution in [3.05, 3.63) is 42.1 Å². The number of pyridine rings is 1. The highest BCUT2D eigenvalue weighted by Gasteiger charge is 2.31. The summed E-state index contributed by atoms with van der Waals surface area (Å²) in [5.41, 5.74) is 1.93.